The number of fused-ring (bicyclic) bond motifs is 1. The van der Waals surface area contributed by atoms with Gasteiger partial charge in [0.1, 0.15) is 11.4 Å². The van der Waals surface area contributed by atoms with Crippen molar-refractivity contribution in [2.45, 2.75) is 52.1 Å². The molecule has 1 fully saturated rings. The first-order valence-electron chi connectivity index (χ1n) is 8.23. The largest absolute Gasteiger partial charge is 0.444 e. The number of piperidine rings is 1. The molecule has 1 atom stereocenters. The van der Waals surface area contributed by atoms with Gasteiger partial charge in [0.2, 0.25) is 0 Å². The van der Waals surface area contributed by atoms with E-state index in [1.54, 1.807) is 11.1 Å². The van der Waals surface area contributed by atoms with Gasteiger partial charge in [0.05, 0.1) is 5.52 Å². The number of hydrogen-bond donors (Lipinski definition) is 1. The molecule has 1 aliphatic heterocycles. The molecule has 1 aliphatic rings. The van der Waals surface area contributed by atoms with Crippen molar-refractivity contribution in [3.05, 3.63) is 22.1 Å². The monoisotopic (exact) mass is 394 g/mol. The summed E-state index contributed by atoms with van der Waals surface area (Å²) < 4.78 is 6.46. The lowest BCUT2D eigenvalue weighted by molar-refractivity contribution is 0.0196. The number of aromatic amines is 1. The van der Waals surface area contributed by atoms with Gasteiger partial charge >= 0.3 is 6.09 Å². The summed E-state index contributed by atoms with van der Waals surface area (Å²) >= 11 is 3.50. The van der Waals surface area contributed by atoms with Crippen LogP contribution in [0.1, 0.15) is 50.9 Å². The van der Waals surface area contributed by atoms with Crippen molar-refractivity contribution in [2.75, 3.05) is 13.1 Å². The van der Waals surface area contributed by atoms with Crippen LogP contribution in [0.5, 0.6) is 0 Å². The minimum atomic E-state index is -0.475. The molecule has 3 rings (SSSR count). The Bertz CT molecular complexity index is 766. The van der Waals surface area contributed by atoms with Crippen molar-refractivity contribution < 1.29 is 9.53 Å². The highest BCUT2D eigenvalue weighted by molar-refractivity contribution is 9.10. The second-order valence-electron chi connectivity index (χ2n) is 7.32. The van der Waals surface area contributed by atoms with Crippen molar-refractivity contribution in [1.82, 2.24) is 19.9 Å². The van der Waals surface area contributed by atoms with Crippen LogP contribution in [0.3, 0.4) is 0 Å². The number of aromatic nitrogens is 3. The van der Waals surface area contributed by atoms with Crippen molar-refractivity contribution in [2.24, 2.45) is 0 Å². The Hall–Kier alpha value is -1.63. The highest BCUT2D eigenvalue weighted by Gasteiger charge is 2.30. The fraction of sp³-hybridized carbons (Fsp3) is 0.588. The van der Waals surface area contributed by atoms with Gasteiger partial charge in [0, 0.05) is 29.7 Å². The molecule has 130 valence electrons. The summed E-state index contributed by atoms with van der Waals surface area (Å²) in [6.07, 6.45) is 3.47. The number of hydrogen-bond acceptors (Lipinski definition) is 4. The summed E-state index contributed by atoms with van der Waals surface area (Å²) in [5.41, 5.74) is 2.30. The average molecular weight is 395 g/mol. The Balaban J connectivity index is 1.80. The van der Waals surface area contributed by atoms with E-state index in [4.69, 9.17) is 4.74 Å². The molecule has 0 aliphatic carbocycles. The zero-order chi connectivity index (χ0) is 17.5. The fourth-order valence-corrected chi connectivity index (χ4v) is 3.26. The number of carbonyl (C=O) groups is 1. The van der Waals surface area contributed by atoms with Crippen molar-refractivity contribution in [3.8, 4) is 0 Å². The predicted octanol–water partition coefficient (Wildman–Crippen LogP) is 4.14. The summed E-state index contributed by atoms with van der Waals surface area (Å²) in [5, 5.41) is 0. The molecule has 0 bridgehead atoms. The van der Waals surface area contributed by atoms with E-state index in [9.17, 15) is 4.79 Å². The van der Waals surface area contributed by atoms with Crippen molar-refractivity contribution in [1.29, 1.82) is 0 Å². The van der Waals surface area contributed by atoms with Crippen LogP contribution in [0.4, 0.5) is 4.79 Å². The first kappa shape index (κ1) is 17.2. The molecule has 24 heavy (non-hydrogen) atoms. The number of H-pyrrole nitrogens is 1. The Morgan fingerprint density at radius 3 is 2.92 bits per heavy atom. The van der Waals surface area contributed by atoms with Gasteiger partial charge in [-0.05, 0) is 62.0 Å². The lowest BCUT2D eigenvalue weighted by Gasteiger charge is -2.33. The predicted molar refractivity (Wildman–Crippen MR) is 96.1 cm³/mol. The Kier molecular flexibility index (Phi) is 4.55. The molecule has 1 amide bonds. The number of halogens is 1. The van der Waals surface area contributed by atoms with Crippen LogP contribution in [0.25, 0.3) is 11.2 Å². The molecule has 0 radical (unpaired) electrons. The van der Waals surface area contributed by atoms with E-state index >= 15 is 0 Å². The Morgan fingerprint density at radius 2 is 2.21 bits per heavy atom. The zero-order valence-corrected chi connectivity index (χ0v) is 16.1. The van der Waals surface area contributed by atoms with E-state index in [0.717, 1.165) is 46.4 Å². The molecule has 0 aromatic carbocycles. The normalized spacial score (nSPS) is 18.9. The third kappa shape index (κ3) is 3.55. The highest BCUT2D eigenvalue weighted by atomic mass is 79.9. The van der Waals surface area contributed by atoms with Gasteiger partial charge in [-0.2, -0.15) is 0 Å². The van der Waals surface area contributed by atoms with Crippen molar-refractivity contribution in [3.63, 3.8) is 0 Å². The van der Waals surface area contributed by atoms with Crippen LogP contribution in [0.15, 0.2) is 10.7 Å². The lowest BCUT2D eigenvalue weighted by Crippen LogP contribution is -2.42. The van der Waals surface area contributed by atoms with E-state index in [2.05, 4.69) is 30.9 Å². The fourth-order valence-electron chi connectivity index (χ4n) is 2.96. The van der Waals surface area contributed by atoms with Crippen LogP contribution in [-0.4, -0.2) is 44.6 Å². The maximum Gasteiger partial charge on any atom is 0.410 e. The van der Waals surface area contributed by atoms with Gasteiger partial charge in [-0.3, -0.25) is 0 Å². The van der Waals surface area contributed by atoms with Crippen LogP contribution in [0.2, 0.25) is 0 Å². The number of likely N-dealkylation sites (tertiary alicyclic amines) is 1. The molecule has 7 heteroatoms. The highest BCUT2D eigenvalue weighted by Crippen LogP contribution is 2.29. The van der Waals surface area contributed by atoms with Crippen LogP contribution in [-0.2, 0) is 4.74 Å². The van der Waals surface area contributed by atoms with Gasteiger partial charge in [-0.15, -0.1) is 0 Å². The summed E-state index contributed by atoms with van der Waals surface area (Å²) in [6.45, 7) is 9.04. The number of carbonyl (C=O) groups excluding carboxylic acids is 1. The number of amides is 1. The molecule has 2 aromatic rings. The van der Waals surface area contributed by atoms with Crippen molar-refractivity contribution >= 4 is 33.2 Å². The smallest absolute Gasteiger partial charge is 0.410 e. The number of pyridine rings is 1. The molecule has 0 saturated carbocycles. The molecule has 1 N–H and O–H groups in total. The van der Waals surface area contributed by atoms with E-state index in [1.807, 2.05) is 27.7 Å². The van der Waals surface area contributed by atoms with Gasteiger partial charge in [-0.1, -0.05) is 0 Å². The number of imidazole rings is 1. The molecule has 0 spiro atoms. The summed E-state index contributed by atoms with van der Waals surface area (Å²) in [6, 6.07) is 0. The third-order valence-electron chi connectivity index (χ3n) is 4.20. The summed E-state index contributed by atoms with van der Waals surface area (Å²) in [4.78, 5) is 26.5. The van der Waals surface area contributed by atoms with Crippen LogP contribution in [0, 0.1) is 6.92 Å². The minimum Gasteiger partial charge on any atom is -0.444 e. The first-order chi connectivity index (χ1) is 11.2. The average Bonchev–Trinajstić information content (AvgIpc) is 2.94. The second-order valence-corrected chi connectivity index (χ2v) is 8.17. The number of aryl methyl sites for hydroxylation is 1. The van der Waals surface area contributed by atoms with Crippen LogP contribution < -0.4 is 0 Å². The molecule has 6 nitrogen and oxygen atoms in total. The minimum absolute atomic E-state index is 0.179. The molecule has 1 saturated heterocycles. The number of nitrogens with one attached hydrogen (secondary N) is 1. The van der Waals surface area contributed by atoms with E-state index in [-0.39, 0.29) is 12.0 Å². The molecule has 2 aromatic heterocycles. The van der Waals surface area contributed by atoms with E-state index < -0.39 is 5.60 Å². The summed E-state index contributed by atoms with van der Waals surface area (Å²) in [7, 11) is 0. The lowest BCUT2D eigenvalue weighted by atomic mass is 9.98. The zero-order valence-electron chi connectivity index (χ0n) is 14.5. The van der Waals surface area contributed by atoms with E-state index in [0.29, 0.717) is 6.54 Å². The SMILES string of the molecule is Cc1c(Br)cnc2nc([C@H]3CCCN(C(=O)OC(C)(C)C)C3)[nH]c12. The molecule has 3 heterocycles. The van der Waals surface area contributed by atoms with Gasteiger partial charge in [0.25, 0.3) is 0 Å². The van der Waals surface area contributed by atoms with Gasteiger partial charge in [-0.25, -0.2) is 14.8 Å². The topological polar surface area (TPSA) is 71.1 Å². The Morgan fingerprint density at radius 1 is 1.46 bits per heavy atom. The van der Waals surface area contributed by atoms with E-state index in [1.165, 1.54) is 0 Å². The number of rotatable bonds is 1. The number of nitrogens with zero attached hydrogens (tertiary/aromatic N) is 3. The Labute approximate surface area is 150 Å². The van der Waals surface area contributed by atoms with Gasteiger partial charge < -0.3 is 14.6 Å². The quantitative estimate of drug-likeness (QED) is 0.788. The maximum atomic E-state index is 12.3. The molecule has 0 unspecified atom stereocenters. The maximum absolute atomic E-state index is 12.3. The first-order valence-corrected chi connectivity index (χ1v) is 9.02. The third-order valence-corrected chi connectivity index (χ3v) is 5.00. The summed E-state index contributed by atoms with van der Waals surface area (Å²) in [5.74, 6) is 1.07. The van der Waals surface area contributed by atoms with Crippen LogP contribution >= 0.6 is 15.9 Å². The molecular formula is C17H23BrN4O2. The number of ether oxygens (including phenoxy) is 1. The second kappa shape index (κ2) is 6.35. The standard InChI is InChI=1S/C17H23BrN4O2/c1-10-12(18)8-19-15-13(10)20-14(21-15)11-6-5-7-22(9-11)16(23)24-17(2,3)4/h8,11H,5-7,9H2,1-4H3,(H,19,20,21)/t11-/m0/s1. The van der Waals surface area contributed by atoms with Gasteiger partial charge in [0.15, 0.2) is 5.65 Å². The molecular weight excluding hydrogens is 372 g/mol.